The molecular weight excluding hydrogens is 326 g/mol. The second-order valence-electron chi connectivity index (χ2n) is 4.34. The molecule has 1 aromatic carbocycles. The number of hydrogen-bond acceptors (Lipinski definition) is 3. The fourth-order valence-corrected chi connectivity index (χ4v) is 2.40. The summed E-state index contributed by atoms with van der Waals surface area (Å²) in [5.74, 6) is 0.766. The Bertz CT molecular complexity index is 557. The SMILES string of the molecule is CN(Cc1ccc(Br)cc1)c1ncc(CN)cc1Cl. The number of nitrogens with zero attached hydrogens (tertiary/aromatic N) is 2. The summed E-state index contributed by atoms with van der Waals surface area (Å²) in [5, 5.41) is 0.627. The predicted molar refractivity (Wildman–Crippen MR) is 83.4 cm³/mol. The average molecular weight is 341 g/mol. The first kappa shape index (κ1) is 14.3. The largest absolute Gasteiger partial charge is 0.354 e. The van der Waals surface area contributed by atoms with Crippen molar-refractivity contribution in [3.8, 4) is 0 Å². The lowest BCUT2D eigenvalue weighted by Crippen LogP contribution is -2.18. The molecule has 0 saturated carbocycles. The lowest BCUT2D eigenvalue weighted by atomic mass is 10.2. The van der Waals surface area contributed by atoms with E-state index in [1.165, 1.54) is 5.56 Å². The highest BCUT2D eigenvalue weighted by Crippen LogP contribution is 2.24. The van der Waals surface area contributed by atoms with E-state index in [-0.39, 0.29) is 0 Å². The lowest BCUT2D eigenvalue weighted by molar-refractivity contribution is 0.893. The van der Waals surface area contributed by atoms with Gasteiger partial charge >= 0.3 is 0 Å². The van der Waals surface area contributed by atoms with Crippen LogP contribution in [0.3, 0.4) is 0 Å². The Kier molecular flexibility index (Phi) is 4.80. The van der Waals surface area contributed by atoms with Crippen molar-refractivity contribution in [3.63, 3.8) is 0 Å². The van der Waals surface area contributed by atoms with E-state index in [0.717, 1.165) is 22.4 Å². The third-order valence-corrected chi connectivity index (χ3v) is 3.62. The van der Waals surface area contributed by atoms with Crippen LogP contribution < -0.4 is 10.6 Å². The second kappa shape index (κ2) is 6.37. The Hall–Kier alpha value is -1.10. The predicted octanol–water partition coefficient (Wildman–Crippen LogP) is 3.59. The Labute approximate surface area is 126 Å². The topological polar surface area (TPSA) is 42.2 Å². The Balaban J connectivity index is 2.15. The first-order valence-corrected chi connectivity index (χ1v) is 7.07. The smallest absolute Gasteiger partial charge is 0.147 e. The maximum Gasteiger partial charge on any atom is 0.147 e. The van der Waals surface area contributed by atoms with Crippen molar-refractivity contribution in [2.24, 2.45) is 5.73 Å². The molecule has 0 radical (unpaired) electrons. The molecule has 0 fully saturated rings. The van der Waals surface area contributed by atoms with Gasteiger partial charge in [0, 0.05) is 30.8 Å². The summed E-state index contributed by atoms with van der Waals surface area (Å²) in [6.07, 6.45) is 1.76. The van der Waals surface area contributed by atoms with Gasteiger partial charge in [0.25, 0.3) is 0 Å². The van der Waals surface area contributed by atoms with Gasteiger partial charge in [-0.25, -0.2) is 4.98 Å². The summed E-state index contributed by atoms with van der Waals surface area (Å²) in [6.45, 7) is 1.20. The van der Waals surface area contributed by atoms with Crippen LogP contribution in [0.15, 0.2) is 41.0 Å². The van der Waals surface area contributed by atoms with Crippen LogP contribution in [0.1, 0.15) is 11.1 Å². The maximum atomic E-state index is 6.23. The van der Waals surface area contributed by atoms with Crippen molar-refractivity contribution in [2.45, 2.75) is 13.1 Å². The van der Waals surface area contributed by atoms with Crippen molar-refractivity contribution in [1.29, 1.82) is 0 Å². The van der Waals surface area contributed by atoms with Crippen LogP contribution in [0, 0.1) is 0 Å². The van der Waals surface area contributed by atoms with Crippen LogP contribution in [0.25, 0.3) is 0 Å². The molecule has 1 heterocycles. The van der Waals surface area contributed by atoms with Crippen LogP contribution in [-0.4, -0.2) is 12.0 Å². The van der Waals surface area contributed by atoms with E-state index < -0.39 is 0 Å². The summed E-state index contributed by atoms with van der Waals surface area (Å²) >= 11 is 9.65. The number of anilines is 1. The van der Waals surface area contributed by atoms with Crippen LogP contribution in [-0.2, 0) is 13.1 Å². The lowest BCUT2D eigenvalue weighted by Gasteiger charge is -2.19. The van der Waals surface area contributed by atoms with Gasteiger partial charge in [0.1, 0.15) is 5.82 Å². The molecule has 1 aromatic heterocycles. The van der Waals surface area contributed by atoms with Crippen molar-refractivity contribution >= 4 is 33.3 Å². The van der Waals surface area contributed by atoms with Gasteiger partial charge in [0.2, 0.25) is 0 Å². The van der Waals surface area contributed by atoms with Gasteiger partial charge < -0.3 is 10.6 Å². The van der Waals surface area contributed by atoms with Gasteiger partial charge in [-0.2, -0.15) is 0 Å². The summed E-state index contributed by atoms with van der Waals surface area (Å²) in [7, 11) is 1.97. The van der Waals surface area contributed by atoms with Gasteiger partial charge in [-0.15, -0.1) is 0 Å². The highest BCUT2D eigenvalue weighted by Gasteiger charge is 2.09. The first-order valence-electron chi connectivity index (χ1n) is 5.90. The Morgan fingerprint density at radius 1 is 1.26 bits per heavy atom. The van der Waals surface area contributed by atoms with E-state index in [9.17, 15) is 0 Å². The van der Waals surface area contributed by atoms with E-state index in [1.807, 2.05) is 30.1 Å². The van der Waals surface area contributed by atoms with E-state index in [4.69, 9.17) is 17.3 Å². The molecule has 2 N–H and O–H groups in total. The van der Waals surface area contributed by atoms with Crippen molar-refractivity contribution in [2.75, 3.05) is 11.9 Å². The number of pyridine rings is 1. The molecule has 0 atom stereocenters. The third kappa shape index (κ3) is 3.69. The fraction of sp³-hybridized carbons (Fsp3) is 0.214. The minimum atomic E-state index is 0.448. The number of hydrogen-bond donors (Lipinski definition) is 1. The Morgan fingerprint density at radius 3 is 2.53 bits per heavy atom. The summed E-state index contributed by atoms with van der Waals surface area (Å²) in [5.41, 5.74) is 7.70. The second-order valence-corrected chi connectivity index (χ2v) is 5.66. The van der Waals surface area contributed by atoms with Crippen LogP contribution in [0.5, 0.6) is 0 Å². The molecule has 5 heteroatoms. The van der Waals surface area contributed by atoms with Crippen LogP contribution in [0.2, 0.25) is 5.02 Å². The molecule has 100 valence electrons. The highest BCUT2D eigenvalue weighted by molar-refractivity contribution is 9.10. The van der Waals surface area contributed by atoms with Crippen molar-refractivity contribution in [3.05, 3.63) is 57.2 Å². The molecule has 0 saturated heterocycles. The minimum Gasteiger partial charge on any atom is -0.354 e. The summed E-state index contributed by atoms with van der Waals surface area (Å²) in [6, 6.07) is 10.1. The van der Waals surface area contributed by atoms with Crippen LogP contribution in [0.4, 0.5) is 5.82 Å². The third-order valence-electron chi connectivity index (χ3n) is 2.81. The number of aromatic nitrogens is 1. The number of nitrogens with two attached hydrogens (primary N) is 1. The number of rotatable bonds is 4. The van der Waals surface area contributed by atoms with E-state index in [1.54, 1.807) is 6.20 Å². The molecule has 2 rings (SSSR count). The molecule has 0 spiro atoms. The first-order chi connectivity index (χ1) is 9.10. The quantitative estimate of drug-likeness (QED) is 0.925. The van der Waals surface area contributed by atoms with Crippen molar-refractivity contribution in [1.82, 2.24) is 4.98 Å². The molecule has 0 bridgehead atoms. The summed E-state index contributed by atoms with van der Waals surface area (Å²) in [4.78, 5) is 6.39. The molecule has 0 amide bonds. The normalized spacial score (nSPS) is 10.5. The standard InChI is InChI=1S/C14H15BrClN3/c1-19(9-10-2-4-12(15)5-3-10)14-13(16)6-11(7-17)8-18-14/h2-6,8H,7,9,17H2,1H3. The molecule has 0 aliphatic heterocycles. The van der Waals surface area contributed by atoms with Gasteiger partial charge in [0.15, 0.2) is 0 Å². The fourth-order valence-electron chi connectivity index (χ4n) is 1.80. The van der Waals surface area contributed by atoms with Gasteiger partial charge in [-0.1, -0.05) is 39.7 Å². The molecule has 0 aliphatic carbocycles. The van der Waals surface area contributed by atoms with Gasteiger partial charge in [0.05, 0.1) is 5.02 Å². The molecule has 0 aliphatic rings. The zero-order valence-electron chi connectivity index (χ0n) is 10.6. The highest BCUT2D eigenvalue weighted by atomic mass is 79.9. The average Bonchev–Trinajstić information content (AvgIpc) is 2.41. The Morgan fingerprint density at radius 2 is 1.95 bits per heavy atom. The number of halogens is 2. The van der Waals surface area contributed by atoms with E-state index in [2.05, 4.69) is 33.0 Å². The van der Waals surface area contributed by atoms with Crippen LogP contribution >= 0.6 is 27.5 Å². The molecule has 3 nitrogen and oxygen atoms in total. The molecule has 0 unspecified atom stereocenters. The number of benzene rings is 1. The maximum absolute atomic E-state index is 6.23. The van der Waals surface area contributed by atoms with E-state index in [0.29, 0.717) is 11.6 Å². The zero-order chi connectivity index (χ0) is 13.8. The summed E-state index contributed by atoms with van der Waals surface area (Å²) < 4.78 is 1.07. The minimum absolute atomic E-state index is 0.448. The van der Waals surface area contributed by atoms with Crippen molar-refractivity contribution < 1.29 is 0 Å². The zero-order valence-corrected chi connectivity index (χ0v) is 12.9. The van der Waals surface area contributed by atoms with E-state index >= 15 is 0 Å². The molecular formula is C14H15BrClN3. The molecule has 2 aromatic rings. The van der Waals surface area contributed by atoms with Gasteiger partial charge in [-0.3, -0.25) is 0 Å². The van der Waals surface area contributed by atoms with Gasteiger partial charge in [-0.05, 0) is 29.3 Å². The monoisotopic (exact) mass is 339 g/mol. The molecule has 19 heavy (non-hydrogen) atoms.